The summed E-state index contributed by atoms with van der Waals surface area (Å²) in [5.41, 5.74) is 3.80. The highest BCUT2D eigenvalue weighted by Crippen LogP contribution is 2.37. The topological polar surface area (TPSA) is 199 Å². The standard InChI is InChI=1S/C18H17FN4O2S.C14H20ClNO2.C3H8NO5P.C3H9S/c1-4-5-22-13-7-12(11(19)6-14(13)25-9-16(22)24)20-17-23-10-18(2,3)8-15(23)21-26-17;1-4-12-8-6-7-11(3)14(12)16(10-18-5-2)13(17)9-15;5-3(6)1-4-2-10(7,8)9;1-4(2)3/h1,6-7H,5,8-10H2,2-3H3;6-8H,4-5,9-10H2,1-3H3;4H,1-2H2,(H,5,6)(H2,7,8,9);1-3H3/q;;;+1/p-1. The summed E-state index contributed by atoms with van der Waals surface area (Å²) in [5, 5.41) is 9.97. The van der Waals surface area contributed by atoms with Crippen LogP contribution >= 0.6 is 30.7 Å². The molecule has 2 amide bonds. The fourth-order valence-corrected chi connectivity index (χ4v) is 6.75. The molecule has 320 valence electrons. The summed E-state index contributed by atoms with van der Waals surface area (Å²) in [6, 6.07) is 8.78. The van der Waals surface area contributed by atoms with Crippen LogP contribution in [0.3, 0.4) is 0 Å². The molecule has 0 saturated carbocycles. The van der Waals surface area contributed by atoms with Gasteiger partial charge in [0.05, 0.1) is 49.5 Å². The van der Waals surface area contributed by atoms with E-state index in [-0.39, 0.29) is 48.7 Å². The molecule has 3 heterocycles. The second kappa shape index (κ2) is 23.7. The van der Waals surface area contributed by atoms with E-state index in [0.717, 1.165) is 42.0 Å². The van der Waals surface area contributed by atoms with Gasteiger partial charge in [0.25, 0.3) is 5.91 Å². The maximum atomic E-state index is 14.5. The summed E-state index contributed by atoms with van der Waals surface area (Å²) in [7, 11) is -3.71. The minimum absolute atomic E-state index is 0.0371. The zero-order valence-corrected chi connectivity index (χ0v) is 37.3. The van der Waals surface area contributed by atoms with E-state index in [1.807, 2.05) is 41.9 Å². The largest absolute Gasteiger partial charge is 0.778 e. The van der Waals surface area contributed by atoms with E-state index in [0.29, 0.717) is 33.7 Å². The number of aliphatic carboxylic acids is 1. The number of benzene rings is 2. The Balaban J connectivity index is 0.000000315. The van der Waals surface area contributed by atoms with E-state index < -0.39 is 32.2 Å². The number of terminal acetylenes is 1. The number of carboxylic acid groups (broad SMARTS) is 1. The third-order valence-electron chi connectivity index (χ3n) is 7.83. The molecule has 0 radical (unpaired) electrons. The molecule has 3 N–H and O–H groups in total. The number of rotatable bonds is 12. The number of alkyl halides is 1. The SMILES string of the molecule is C#CCN1C(=O)COc2cc(F)c(N=c3snc4n3CC(C)(C)C4)cc21.CCOCN(C(=O)CCl)c1c(C)cccc1CC.C[S+](C)C.O=C(O)CNCP(=O)([O-])O. The Morgan fingerprint density at radius 1 is 1.29 bits per heavy atom. The lowest BCUT2D eigenvalue weighted by Gasteiger charge is -2.28. The third kappa shape index (κ3) is 16.1. The highest BCUT2D eigenvalue weighted by Gasteiger charge is 2.31. The molecule has 0 saturated heterocycles. The molecule has 5 rings (SSSR count). The number of nitrogens with one attached hydrogen (secondary N) is 1. The quantitative estimate of drug-likeness (QED) is 0.0781. The molecule has 1 aromatic heterocycles. The highest BCUT2D eigenvalue weighted by atomic mass is 35.5. The van der Waals surface area contributed by atoms with Crippen molar-refractivity contribution in [2.45, 2.75) is 54.0 Å². The number of anilines is 2. The van der Waals surface area contributed by atoms with E-state index in [4.69, 9.17) is 37.5 Å². The van der Waals surface area contributed by atoms with Gasteiger partial charge in [-0.3, -0.25) is 29.5 Å². The van der Waals surface area contributed by atoms with Gasteiger partial charge >= 0.3 is 5.97 Å². The molecule has 0 aliphatic carbocycles. The summed E-state index contributed by atoms with van der Waals surface area (Å²) in [6.07, 6.45) is 13.0. The highest BCUT2D eigenvalue weighted by molar-refractivity contribution is 7.94. The zero-order chi connectivity index (χ0) is 43.8. The fraction of sp³-hybridized carbons (Fsp3) is 0.500. The molecule has 2 aliphatic rings. The van der Waals surface area contributed by atoms with Crippen LogP contribution in [0.2, 0.25) is 0 Å². The lowest BCUT2D eigenvalue weighted by molar-refractivity contribution is -0.193. The van der Waals surface area contributed by atoms with Gasteiger partial charge < -0.3 is 33.5 Å². The van der Waals surface area contributed by atoms with Gasteiger partial charge in [0.2, 0.25) is 10.7 Å². The van der Waals surface area contributed by atoms with Crippen molar-refractivity contribution in [3.63, 3.8) is 0 Å². The molecule has 1 atom stereocenters. The normalized spacial score (nSPS) is 14.9. The van der Waals surface area contributed by atoms with Crippen molar-refractivity contribution in [1.82, 2.24) is 14.3 Å². The van der Waals surface area contributed by atoms with Crippen LogP contribution in [0.1, 0.15) is 44.6 Å². The number of amides is 2. The van der Waals surface area contributed by atoms with Gasteiger partial charge in [0, 0.05) is 37.2 Å². The third-order valence-corrected chi connectivity index (χ3v) is 9.46. The summed E-state index contributed by atoms with van der Waals surface area (Å²) >= 11 is 6.92. The van der Waals surface area contributed by atoms with Crippen LogP contribution in [0.5, 0.6) is 5.75 Å². The number of para-hydroxylation sites is 1. The first-order chi connectivity index (χ1) is 27.2. The minimum Gasteiger partial charge on any atom is -0.778 e. The van der Waals surface area contributed by atoms with Crippen molar-refractivity contribution in [3.05, 3.63) is 57.9 Å². The zero-order valence-electron chi connectivity index (χ0n) is 34.0. The van der Waals surface area contributed by atoms with Crippen molar-refractivity contribution in [3.8, 4) is 18.1 Å². The number of hydrogen-bond acceptors (Lipinski definition) is 11. The van der Waals surface area contributed by atoms with Gasteiger partial charge in [0.15, 0.2) is 12.4 Å². The van der Waals surface area contributed by atoms with E-state index in [9.17, 15) is 28.2 Å². The summed E-state index contributed by atoms with van der Waals surface area (Å²) in [5.74, 6) is 1.58. The minimum atomic E-state index is -4.35. The number of carbonyl (C=O) groups is 3. The first-order valence-corrected chi connectivity index (χ1v) is 23.5. The maximum absolute atomic E-state index is 14.5. The Kier molecular flexibility index (Phi) is 20.6. The number of carboxylic acids is 1. The molecule has 0 bridgehead atoms. The van der Waals surface area contributed by atoms with E-state index in [1.54, 1.807) is 4.90 Å². The van der Waals surface area contributed by atoms with Crippen LogP contribution in [-0.4, -0.2) is 101 Å². The number of aryl methyl sites for hydroxylation is 2. The van der Waals surface area contributed by atoms with Crippen molar-refractivity contribution in [2.75, 3.05) is 73.8 Å². The van der Waals surface area contributed by atoms with E-state index in [1.165, 1.54) is 28.6 Å². The Morgan fingerprint density at radius 3 is 2.53 bits per heavy atom. The molecule has 3 aromatic rings. The van der Waals surface area contributed by atoms with Gasteiger partial charge in [-0.25, -0.2) is 9.38 Å². The number of fused-ring (bicyclic) bond motifs is 2. The molecular weight excluding hydrogens is 834 g/mol. The monoisotopic (exact) mass is 886 g/mol. The van der Waals surface area contributed by atoms with Crippen molar-refractivity contribution >= 4 is 76.5 Å². The second-order valence-electron chi connectivity index (χ2n) is 14.0. The Bertz CT molecular complexity index is 2030. The number of nitrogens with zero attached hydrogens (tertiary/aromatic N) is 5. The number of carbonyl (C=O) groups excluding carboxylic acids is 2. The van der Waals surface area contributed by atoms with E-state index in [2.05, 4.69) is 54.8 Å². The second-order valence-corrected chi connectivity index (χ2v) is 19.1. The van der Waals surface area contributed by atoms with Crippen LogP contribution in [0.15, 0.2) is 35.3 Å². The summed E-state index contributed by atoms with van der Waals surface area (Å²) in [6.45, 7) is 11.4. The smallest absolute Gasteiger partial charge is 0.317 e. The van der Waals surface area contributed by atoms with Crippen LogP contribution in [-0.2, 0) is 54.0 Å². The van der Waals surface area contributed by atoms with Crippen LogP contribution in [0.4, 0.5) is 21.5 Å². The number of hydrogen-bond donors (Lipinski definition) is 3. The lowest BCUT2D eigenvalue weighted by atomic mass is 9.92. The predicted molar refractivity (Wildman–Crippen MR) is 227 cm³/mol. The fourth-order valence-electron chi connectivity index (χ4n) is 5.46. The van der Waals surface area contributed by atoms with Crippen molar-refractivity contribution < 1.29 is 47.7 Å². The molecule has 15 nitrogen and oxygen atoms in total. The van der Waals surface area contributed by atoms with Crippen LogP contribution in [0, 0.1) is 30.5 Å². The Hall–Kier alpha value is -3.79. The Morgan fingerprint density at radius 2 is 1.97 bits per heavy atom. The molecule has 58 heavy (non-hydrogen) atoms. The summed E-state index contributed by atoms with van der Waals surface area (Å²) in [4.78, 5) is 59.9. The first-order valence-electron chi connectivity index (χ1n) is 18.0. The van der Waals surface area contributed by atoms with Gasteiger partial charge in [-0.1, -0.05) is 44.9 Å². The van der Waals surface area contributed by atoms with E-state index >= 15 is 0 Å². The van der Waals surface area contributed by atoms with Crippen molar-refractivity contribution in [2.24, 2.45) is 10.4 Å². The van der Waals surface area contributed by atoms with Gasteiger partial charge in [-0.05, 0) is 53.8 Å². The molecule has 2 aromatic carbocycles. The average Bonchev–Trinajstić information content (AvgIpc) is 3.64. The lowest BCUT2D eigenvalue weighted by Crippen LogP contribution is -2.39. The van der Waals surface area contributed by atoms with Gasteiger partial charge in [0.1, 0.15) is 37.5 Å². The van der Waals surface area contributed by atoms with Crippen LogP contribution < -0.4 is 29.5 Å². The molecular formula is C38H53ClFN6O9PS2. The maximum Gasteiger partial charge on any atom is 0.317 e. The van der Waals surface area contributed by atoms with Gasteiger partial charge in [-0.15, -0.1) is 18.0 Å². The van der Waals surface area contributed by atoms with Gasteiger partial charge in [-0.2, -0.15) is 4.37 Å². The molecule has 20 heteroatoms. The predicted octanol–water partition coefficient (Wildman–Crippen LogP) is 4.04. The number of ether oxygens (including phenoxy) is 2. The van der Waals surface area contributed by atoms with Crippen LogP contribution in [0.25, 0.3) is 0 Å². The molecule has 2 aliphatic heterocycles. The summed E-state index contributed by atoms with van der Waals surface area (Å²) < 4.78 is 41.6. The molecule has 1 unspecified atom stereocenters. The molecule has 0 spiro atoms. The molecule has 0 fully saturated rings. The van der Waals surface area contributed by atoms with Crippen molar-refractivity contribution in [1.29, 1.82) is 0 Å². The first kappa shape index (κ1) is 50.4. The average molecular weight is 887 g/mol. The number of halogens is 2. The Labute approximate surface area is 351 Å². The number of aromatic nitrogens is 2.